The summed E-state index contributed by atoms with van der Waals surface area (Å²) in [7, 11) is 0. The predicted molar refractivity (Wildman–Crippen MR) is 140 cm³/mol. The van der Waals surface area contributed by atoms with Crippen molar-refractivity contribution < 1.29 is 13.8 Å². The number of nitrogens with zero attached hydrogens (tertiary/aromatic N) is 3. The number of hydrogen-bond donors (Lipinski definition) is 0. The first-order chi connectivity index (χ1) is 17.3. The number of aryl methyl sites for hydroxylation is 1. The first kappa shape index (κ1) is 23.4. The number of nitro groups is 1. The van der Waals surface area contributed by atoms with Gasteiger partial charge >= 0.3 is 5.63 Å². The van der Waals surface area contributed by atoms with Crippen LogP contribution in [0.5, 0.6) is 0 Å². The Morgan fingerprint density at radius 2 is 1.97 bits per heavy atom. The van der Waals surface area contributed by atoms with Crippen LogP contribution in [0.1, 0.15) is 16.3 Å². The molecule has 10 heteroatoms. The number of nitriles is 1. The molecule has 0 saturated heterocycles. The molecule has 0 N–H and O–H groups in total. The van der Waals surface area contributed by atoms with E-state index in [1.165, 1.54) is 23.5 Å². The van der Waals surface area contributed by atoms with Gasteiger partial charge in [-0.2, -0.15) is 5.26 Å². The van der Waals surface area contributed by atoms with Gasteiger partial charge in [0.1, 0.15) is 28.2 Å². The van der Waals surface area contributed by atoms with E-state index in [1.807, 2.05) is 6.07 Å². The summed E-state index contributed by atoms with van der Waals surface area (Å²) in [6.07, 6.45) is 1.51. The van der Waals surface area contributed by atoms with Crippen LogP contribution in [0.4, 0.5) is 5.69 Å². The molecule has 3 aromatic heterocycles. The standard InChI is InChI=1S/C26H14BrN3O5S/c1-14-2-5-19(22(8-14)30(32)33)24-7-4-18(34-24)10-16(12-28)25-29-21(13-36-25)20-11-15-9-17(27)3-6-23(15)35-26(20)31/h2-11,13H,1H3. The van der Waals surface area contributed by atoms with Crippen molar-refractivity contribution >= 4 is 55.6 Å². The van der Waals surface area contributed by atoms with Crippen molar-refractivity contribution in [2.75, 3.05) is 0 Å². The molecule has 0 radical (unpaired) electrons. The Morgan fingerprint density at radius 1 is 1.14 bits per heavy atom. The van der Waals surface area contributed by atoms with Crippen LogP contribution >= 0.6 is 27.3 Å². The Bertz CT molecular complexity index is 1790. The predicted octanol–water partition coefficient (Wildman–Crippen LogP) is 7.22. The molecule has 0 spiro atoms. The fourth-order valence-electron chi connectivity index (χ4n) is 3.65. The summed E-state index contributed by atoms with van der Waals surface area (Å²) in [4.78, 5) is 28.0. The van der Waals surface area contributed by atoms with Crippen LogP contribution in [-0.2, 0) is 0 Å². The molecule has 0 aliphatic carbocycles. The normalized spacial score (nSPS) is 11.5. The summed E-state index contributed by atoms with van der Waals surface area (Å²) in [5.41, 5.74) is 1.87. The monoisotopic (exact) mass is 559 g/mol. The lowest BCUT2D eigenvalue weighted by atomic mass is 10.1. The van der Waals surface area contributed by atoms with Gasteiger partial charge in [0.15, 0.2) is 0 Å². The van der Waals surface area contributed by atoms with Crippen LogP contribution in [0.25, 0.3) is 45.2 Å². The number of fused-ring (bicyclic) bond motifs is 1. The molecular weight excluding hydrogens is 546 g/mol. The number of thiazole rings is 1. The second kappa shape index (κ2) is 9.37. The zero-order chi connectivity index (χ0) is 25.4. The van der Waals surface area contributed by atoms with E-state index >= 15 is 0 Å². The van der Waals surface area contributed by atoms with E-state index in [9.17, 15) is 20.2 Å². The molecule has 0 saturated carbocycles. The van der Waals surface area contributed by atoms with Crippen molar-refractivity contribution in [3.63, 3.8) is 0 Å². The molecule has 5 aromatic rings. The van der Waals surface area contributed by atoms with Gasteiger partial charge < -0.3 is 8.83 Å². The van der Waals surface area contributed by atoms with Gasteiger partial charge in [0.25, 0.3) is 5.69 Å². The lowest BCUT2D eigenvalue weighted by Gasteiger charge is -2.01. The lowest BCUT2D eigenvalue weighted by molar-refractivity contribution is -0.384. The van der Waals surface area contributed by atoms with E-state index < -0.39 is 10.5 Å². The number of furan rings is 1. The fourth-order valence-corrected chi connectivity index (χ4v) is 4.82. The Labute approximate surface area is 216 Å². The van der Waals surface area contributed by atoms with Gasteiger partial charge in [-0.25, -0.2) is 9.78 Å². The maximum Gasteiger partial charge on any atom is 0.345 e. The summed E-state index contributed by atoms with van der Waals surface area (Å²) in [6, 6.07) is 17.2. The van der Waals surface area contributed by atoms with E-state index in [1.54, 1.807) is 54.8 Å². The zero-order valence-corrected chi connectivity index (χ0v) is 20.9. The summed E-state index contributed by atoms with van der Waals surface area (Å²) in [5.74, 6) is 0.647. The second-order valence-corrected chi connectivity index (χ2v) is 9.59. The van der Waals surface area contributed by atoms with Crippen molar-refractivity contribution in [2.24, 2.45) is 0 Å². The summed E-state index contributed by atoms with van der Waals surface area (Å²) in [5, 5.41) is 24.0. The number of allylic oxidation sites excluding steroid dienone is 1. The summed E-state index contributed by atoms with van der Waals surface area (Å²) in [6.45, 7) is 1.77. The van der Waals surface area contributed by atoms with Gasteiger partial charge in [0.05, 0.1) is 27.3 Å². The zero-order valence-electron chi connectivity index (χ0n) is 18.5. The van der Waals surface area contributed by atoms with Gasteiger partial charge in [-0.05, 0) is 55.0 Å². The average Bonchev–Trinajstić information content (AvgIpc) is 3.52. The van der Waals surface area contributed by atoms with E-state index in [2.05, 4.69) is 27.0 Å². The van der Waals surface area contributed by atoms with Crippen molar-refractivity contribution in [3.8, 4) is 28.7 Å². The van der Waals surface area contributed by atoms with E-state index in [-0.39, 0.29) is 16.8 Å². The van der Waals surface area contributed by atoms with Gasteiger partial charge in [-0.15, -0.1) is 11.3 Å². The van der Waals surface area contributed by atoms with Gasteiger partial charge in [0, 0.05) is 27.4 Å². The third-order valence-corrected chi connectivity index (χ3v) is 6.72. The molecule has 0 atom stereocenters. The van der Waals surface area contributed by atoms with Crippen molar-refractivity contribution in [2.45, 2.75) is 6.92 Å². The summed E-state index contributed by atoms with van der Waals surface area (Å²) >= 11 is 4.61. The topological polar surface area (TPSA) is 123 Å². The molecule has 176 valence electrons. The highest BCUT2D eigenvalue weighted by Crippen LogP contribution is 2.33. The first-order valence-electron chi connectivity index (χ1n) is 10.5. The highest BCUT2D eigenvalue weighted by atomic mass is 79.9. The second-order valence-electron chi connectivity index (χ2n) is 7.82. The highest BCUT2D eigenvalue weighted by molar-refractivity contribution is 9.10. The van der Waals surface area contributed by atoms with Crippen LogP contribution in [0.2, 0.25) is 0 Å². The molecular formula is C26H14BrN3O5S. The number of aromatic nitrogens is 1. The van der Waals surface area contributed by atoms with Crippen molar-refractivity contribution in [1.82, 2.24) is 4.98 Å². The number of hydrogen-bond acceptors (Lipinski definition) is 8. The number of nitro benzene ring substituents is 1. The van der Waals surface area contributed by atoms with Crippen molar-refractivity contribution in [3.05, 3.63) is 101 Å². The Kier molecular flexibility index (Phi) is 6.10. The molecule has 0 amide bonds. The quantitative estimate of drug-likeness (QED) is 0.0962. The Balaban J connectivity index is 1.49. The van der Waals surface area contributed by atoms with Gasteiger partial charge in [-0.3, -0.25) is 10.1 Å². The van der Waals surface area contributed by atoms with Crippen LogP contribution in [0.3, 0.4) is 0 Å². The third-order valence-electron chi connectivity index (χ3n) is 5.35. The number of rotatable bonds is 5. The van der Waals surface area contributed by atoms with Crippen molar-refractivity contribution in [1.29, 1.82) is 5.26 Å². The van der Waals surface area contributed by atoms with Crippen LogP contribution in [0, 0.1) is 28.4 Å². The molecule has 0 aliphatic rings. The highest BCUT2D eigenvalue weighted by Gasteiger charge is 2.19. The van der Waals surface area contributed by atoms with E-state index in [4.69, 9.17) is 8.83 Å². The molecule has 0 aliphatic heterocycles. The smallest absolute Gasteiger partial charge is 0.345 e. The molecule has 8 nitrogen and oxygen atoms in total. The number of benzene rings is 2. The van der Waals surface area contributed by atoms with E-state index in [0.717, 1.165) is 15.4 Å². The SMILES string of the molecule is Cc1ccc(-c2ccc(C=C(C#N)c3nc(-c4cc5cc(Br)ccc5oc4=O)cs3)o2)c([N+](=O)[O-])c1. The molecule has 0 bridgehead atoms. The minimum absolute atomic E-state index is 0.0637. The maximum atomic E-state index is 12.5. The first-order valence-corrected chi connectivity index (χ1v) is 12.2. The fraction of sp³-hybridized carbons (Fsp3) is 0.0385. The minimum Gasteiger partial charge on any atom is -0.456 e. The van der Waals surface area contributed by atoms with Crippen LogP contribution in [0.15, 0.2) is 78.1 Å². The average molecular weight is 560 g/mol. The molecule has 0 unspecified atom stereocenters. The Hall–Kier alpha value is -4.33. The van der Waals surface area contributed by atoms with Gasteiger partial charge in [-0.1, -0.05) is 22.0 Å². The molecule has 5 rings (SSSR count). The molecule has 36 heavy (non-hydrogen) atoms. The Morgan fingerprint density at radius 3 is 2.75 bits per heavy atom. The third kappa shape index (κ3) is 4.49. The summed E-state index contributed by atoms with van der Waals surface area (Å²) < 4.78 is 12.1. The molecule has 3 heterocycles. The van der Waals surface area contributed by atoms with Crippen LogP contribution in [-0.4, -0.2) is 9.91 Å². The largest absolute Gasteiger partial charge is 0.456 e. The van der Waals surface area contributed by atoms with Crippen LogP contribution < -0.4 is 5.63 Å². The van der Waals surface area contributed by atoms with Gasteiger partial charge in [0.2, 0.25) is 0 Å². The maximum absolute atomic E-state index is 12.5. The molecule has 2 aromatic carbocycles. The number of halogens is 1. The minimum atomic E-state index is -0.528. The molecule has 0 fully saturated rings. The van der Waals surface area contributed by atoms with E-state index in [0.29, 0.717) is 33.4 Å². The lowest BCUT2D eigenvalue weighted by Crippen LogP contribution is -2.02.